The number of piperidine rings is 1. The monoisotopic (exact) mass is 407 g/mol. The Morgan fingerprint density at radius 3 is 2.73 bits per heavy atom. The van der Waals surface area contributed by atoms with Gasteiger partial charge in [0.2, 0.25) is 11.9 Å². The highest BCUT2D eigenvalue weighted by atomic mass is 16.3. The van der Waals surface area contributed by atoms with E-state index in [4.69, 9.17) is 10.2 Å². The number of primary amides is 1. The lowest BCUT2D eigenvalue weighted by Gasteiger charge is -2.31. The van der Waals surface area contributed by atoms with Crippen LogP contribution in [0.15, 0.2) is 33.8 Å². The van der Waals surface area contributed by atoms with Gasteiger partial charge in [-0.15, -0.1) is 0 Å². The third-order valence-corrected chi connectivity index (χ3v) is 6.16. The summed E-state index contributed by atoms with van der Waals surface area (Å²) in [6.45, 7) is 1.15. The van der Waals surface area contributed by atoms with Gasteiger partial charge in [0, 0.05) is 43.1 Å². The summed E-state index contributed by atoms with van der Waals surface area (Å²) in [6.07, 6.45) is 5.19. The molecule has 1 aliphatic heterocycles. The van der Waals surface area contributed by atoms with E-state index in [1.54, 1.807) is 12.3 Å². The molecule has 0 bridgehead atoms. The summed E-state index contributed by atoms with van der Waals surface area (Å²) in [5.74, 6) is 0.549. The van der Waals surface area contributed by atoms with Crippen LogP contribution in [0.2, 0.25) is 0 Å². The molecule has 0 saturated carbocycles. The summed E-state index contributed by atoms with van der Waals surface area (Å²) in [4.78, 5) is 50.7. The fourth-order valence-corrected chi connectivity index (χ4v) is 4.51. The Hall–Kier alpha value is -3.49. The van der Waals surface area contributed by atoms with Gasteiger partial charge in [-0.2, -0.15) is 4.98 Å². The lowest BCUT2D eigenvalue weighted by molar-refractivity contribution is -0.122. The van der Waals surface area contributed by atoms with E-state index in [-0.39, 0.29) is 29.1 Å². The standard InChI is InChI=1S/C21H21N5O4/c22-18(28)11-3-5-26(6-4-11)21-24-19-17(20(29)25-21)13-8-12(16-2-1-7-30-16)9-15(27)14(13)10-23-19/h1-2,7,10-12H,3-6,8-9H2,(H2,22,28)(H,23,24,25,29)/t12-/m1/s1. The Balaban J connectivity index is 1.52. The molecular formula is C21H21N5O4. The maximum absolute atomic E-state index is 13.0. The van der Waals surface area contributed by atoms with Crippen LogP contribution in [0.1, 0.15) is 46.9 Å². The van der Waals surface area contributed by atoms with E-state index in [2.05, 4.69) is 15.0 Å². The number of aromatic nitrogens is 3. The van der Waals surface area contributed by atoms with Crippen molar-refractivity contribution in [3.05, 3.63) is 51.8 Å². The van der Waals surface area contributed by atoms with E-state index in [0.29, 0.717) is 66.9 Å². The topological polar surface area (TPSA) is 135 Å². The summed E-state index contributed by atoms with van der Waals surface area (Å²) in [5, 5.41) is 0.355. The van der Waals surface area contributed by atoms with Crippen molar-refractivity contribution in [3.63, 3.8) is 0 Å². The maximum Gasteiger partial charge on any atom is 0.262 e. The molecule has 5 rings (SSSR count). The van der Waals surface area contributed by atoms with Gasteiger partial charge >= 0.3 is 0 Å². The Morgan fingerprint density at radius 2 is 2.03 bits per heavy atom. The average molecular weight is 407 g/mol. The van der Waals surface area contributed by atoms with Crippen LogP contribution in [0.25, 0.3) is 11.0 Å². The van der Waals surface area contributed by atoms with Gasteiger partial charge in [-0.05, 0) is 37.0 Å². The molecule has 1 fully saturated rings. The Morgan fingerprint density at radius 1 is 1.23 bits per heavy atom. The van der Waals surface area contributed by atoms with Gasteiger partial charge in [-0.25, -0.2) is 4.98 Å². The Bertz CT molecular complexity index is 1190. The number of fused-ring (bicyclic) bond motifs is 3. The normalized spacial score (nSPS) is 19.8. The number of nitrogens with two attached hydrogens (primary N) is 1. The summed E-state index contributed by atoms with van der Waals surface area (Å²) in [7, 11) is 0. The van der Waals surface area contributed by atoms with Crippen LogP contribution >= 0.6 is 0 Å². The molecule has 4 heterocycles. The van der Waals surface area contributed by atoms with Gasteiger partial charge < -0.3 is 15.1 Å². The van der Waals surface area contributed by atoms with E-state index in [9.17, 15) is 14.4 Å². The first-order valence-corrected chi connectivity index (χ1v) is 10.0. The number of H-pyrrole nitrogens is 1. The fraction of sp³-hybridized carbons (Fsp3) is 0.381. The molecular weight excluding hydrogens is 386 g/mol. The van der Waals surface area contributed by atoms with E-state index in [1.807, 2.05) is 11.0 Å². The van der Waals surface area contributed by atoms with Gasteiger partial charge in [-0.1, -0.05) is 0 Å². The van der Waals surface area contributed by atoms with Crippen molar-refractivity contribution >= 4 is 28.7 Å². The number of carbonyl (C=O) groups is 2. The highest BCUT2D eigenvalue weighted by Gasteiger charge is 2.31. The molecule has 1 atom stereocenters. The zero-order valence-corrected chi connectivity index (χ0v) is 16.3. The second-order valence-corrected chi connectivity index (χ2v) is 7.95. The molecule has 0 radical (unpaired) electrons. The van der Waals surface area contributed by atoms with Crippen molar-refractivity contribution in [2.45, 2.75) is 31.6 Å². The van der Waals surface area contributed by atoms with Crippen LogP contribution in [0.4, 0.5) is 5.95 Å². The largest absolute Gasteiger partial charge is 0.469 e. The van der Waals surface area contributed by atoms with Gasteiger partial charge in [0.1, 0.15) is 5.76 Å². The summed E-state index contributed by atoms with van der Waals surface area (Å²) < 4.78 is 5.49. The second kappa shape index (κ2) is 7.08. The van der Waals surface area contributed by atoms with E-state index < -0.39 is 0 Å². The Kier molecular flexibility index (Phi) is 4.38. The number of rotatable bonds is 3. The van der Waals surface area contributed by atoms with Crippen molar-refractivity contribution in [2.24, 2.45) is 11.7 Å². The summed E-state index contributed by atoms with van der Waals surface area (Å²) in [6, 6.07) is 3.64. The van der Waals surface area contributed by atoms with Gasteiger partial charge in [0.15, 0.2) is 11.4 Å². The smallest absolute Gasteiger partial charge is 0.262 e. The molecule has 0 aromatic carbocycles. The molecule has 9 nitrogen and oxygen atoms in total. The van der Waals surface area contributed by atoms with E-state index >= 15 is 0 Å². The number of aromatic amines is 1. The highest BCUT2D eigenvalue weighted by Crippen LogP contribution is 2.35. The molecule has 2 aliphatic rings. The zero-order valence-electron chi connectivity index (χ0n) is 16.3. The predicted octanol–water partition coefficient (Wildman–Crippen LogP) is 1.53. The molecule has 1 aliphatic carbocycles. The van der Waals surface area contributed by atoms with E-state index in [0.717, 1.165) is 5.76 Å². The number of hydrogen-bond donors (Lipinski definition) is 2. The molecule has 3 aromatic heterocycles. The van der Waals surface area contributed by atoms with E-state index in [1.165, 1.54) is 6.20 Å². The van der Waals surface area contributed by atoms with Crippen LogP contribution in [0, 0.1) is 5.92 Å². The van der Waals surface area contributed by atoms with Crippen molar-refractivity contribution in [1.29, 1.82) is 0 Å². The van der Waals surface area contributed by atoms with Crippen molar-refractivity contribution < 1.29 is 14.0 Å². The Labute approximate surface area is 171 Å². The van der Waals surface area contributed by atoms with Crippen molar-refractivity contribution in [3.8, 4) is 0 Å². The molecule has 0 spiro atoms. The van der Waals surface area contributed by atoms with Gasteiger partial charge in [-0.3, -0.25) is 19.4 Å². The summed E-state index contributed by atoms with van der Waals surface area (Å²) in [5.41, 5.74) is 6.55. The maximum atomic E-state index is 13.0. The van der Waals surface area contributed by atoms with Crippen LogP contribution in [0.3, 0.4) is 0 Å². The first-order chi connectivity index (χ1) is 14.5. The van der Waals surface area contributed by atoms with Crippen LogP contribution < -0.4 is 16.2 Å². The van der Waals surface area contributed by atoms with Gasteiger partial charge in [0.25, 0.3) is 5.56 Å². The third-order valence-electron chi connectivity index (χ3n) is 6.16. The predicted molar refractivity (Wildman–Crippen MR) is 108 cm³/mol. The quantitative estimate of drug-likeness (QED) is 0.672. The first kappa shape index (κ1) is 18.5. The first-order valence-electron chi connectivity index (χ1n) is 10.0. The highest BCUT2D eigenvalue weighted by molar-refractivity contribution is 6.02. The molecule has 0 unspecified atom stereocenters. The molecule has 3 N–H and O–H groups in total. The number of pyridine rings is 1. The number of ketones is 1. The second-order valence-electron chi connectivity index (χ2n) is 7.95. The number of furan rings is 1. The van der Waals surface area contributed by atoms with Crippen LogP contribution in [-0.2, 0) is 11.2 Å². The molecule has 154 valence electrons. The number of amides is 1. The minimum atomic E-state index is -0.315. The SMILES string of the molecule is NC(=O)C1CCN(c2nc3ncc4c(c3c(=O)[nH]2)C[C@@H](c2ccco2)CC4=O)CC1. The number of nitrogens with zero attached hydrogens (tertiary/aromatic N) is 3. The molecule has 1 amide bonds. The number of hydrogen-bond acceptors (Lipinski definition) is 7. The van der Waals surface area contributed by atoms with Crippen LogP contribution in [0.5, 0.6) is 0 Å². The number of anilines is 1. The number of carbonyl (C=O) groups excluding carboxylic acids is 2. The minimum Gasteiger partial charge on any atom is -0.469 e. The van der Waals surface area contributed by atoms with Crippen molar-refractivity contribution in [1.82, 2.24) is 15.0 Å². The zero-order chi connectivity index (χ0) is 20.8. The molecule has 30 heavy (non-hydrogen) atoms. The molecule has 9 heteroatoms. The lowest BCUT2D eigenvalue weighted by Crippen LogP contribution is -2.40. The summed E-state index contributed by atoms with van der Waals surface area (Å²) >= 11 is 0. The molecule has 3 aromatic rings. The molecule has 1 saturated heterocycles. The number of Topliss-reactive ketones (excluding diaryl/α,β-unsaturated/α-hetero) is 1. The number of nitrogens with one attached hydrogen (secondary N) is 1. The van der Waals surface area contributed by atoms with Gasteiger partial charge in [0.05, 0.1) is 11.6 Å². The van der Waals surface area contributed by atoms with Crippen molar-refractivity contribution in [2.75, 3.05) is 18.0 Å². The lowest BCUT2D eigenvalue weighted by atomic mass is 9.81. The third kappa shape index (κ3) is 3.06. The van der Waals surface area contributed by atoms with Crippen LogP contribution in [-0.4, -0.2) is 39.7 Å². The fourth-order valence-electron chi connectivity index (χ4n) is 4.51. The average Bonchev–Trinajstić information content (AvgIpc) is 3.28. The minimum absolute atomic E-state index is 0.0518.